The van der Waals surface area contributed by atoms with Crippen LogP contribution in [0.2, 0.25) is 10.0 Å². The van der Waals surface area contributed by atoms with E-state index in [2.05, 4.69) is 10.6 Å². The SMILES string of the molecule is CCOc1ccccc1NC(=O)CCNc1cc(Cl)ccc1Cl. The van der Waals surface area contributed by atoms with Gasteiger partial charge in [-0.25, -0.2) is 0 Å². The number of ether oxygens (including phenoxy) is 1. The highest BCUT2D eigenvalue weighted by atomic mass is 35.5. The van der Waals surface area contributed by atoms with Crippen molar-refractivity contribution in [2.24, 2.45) is 0 Å². The molecular weight excluding hydrogens is 335 g/mol. The molecule has 1 amide bonds. The maximum Gasteiger partial charge on any atom is 0.226 e. The number of hydrogen-bond donors (Lipinski definition) is 2. The van der Waals surface area contributed by atoms with Crippen molar-refractivity contribution in [1.82, 2.24) is 0 Å². The molecule has 0 spiro atoms. The van der Waals surface area contributed by atoms with Gasteiger partial charge in [-0.1, -0.05) is 35.3 Å². The van der Waals surface area contributed by atoms with Gasteiger partial charge >= 0.3 is 0 Å². The molecule has 0 aliphatic rings. The first kappa shape index (κ1) is 17.4. The van der Waals surface area contributed by atoms with E-state index < -0.39 is 0 Å². The van der Waals surface area contributed by atoms with Gasteiger partial charge in [0.05, 0.1) is 23.0 Å². The second kappa shape index (κ2) is 8.65. The number of hydrogen-bond acceptors (Lipinski definition) is 3. The Balaban J connectivity index is 1.87. The summed E-state index contributed by atoms with van der Waals surface area (Å²) in [6.07, 6.45) is 0.295. The maximum atomic E-state index is 12.0. The van der Waals surface area contributed by atoms with Gasteiger partial charge in [-0.2, -0.15) is 0 Å². The Kier molecular flexibility index (Phi) is 6.56. The van der Waals surface area contributed by atoms with E-state index in [0.29, 0.717) is 46.7 Å². The van der Waals surface area contributed by atoms with Gasteiger partial charge in [-0.3, -0.25) is 4.79 Å². The minimum absolute atomic E-state index is 0.109. The zero-order valence-electron chi connectivity index (χ0n) is 12.7. The number of nitrogens with one attached hydrogen (secondary N) is 2. The predicted molar refractivity (Wildman–Crippen MR) is 95.8 cm³/mol. The second-order valence-electron chi connectivity index (χ2n) is 4.78. The van der Waals surface area contributed by atoms with Gasteiger partial charge in [0.2, 0.25) is 5.91 Å². The molecule has 0 aromatic heterocycles. The second-order valence-corrected chi connectivity index (χ2v) is 5.62. The van der Waals surface area contributed by atoms with Crippen LogP contribution in [0.25, 0.3) is 0 Å². The predicted octanol–water partition coefficient (Wildman–Crippen LogP) is 4.83. The highest BCUT2D eigenvalue weighted by Gasteiger charge is 2.08. The monoisotopic (exact) mass is 352 g/mol. The first-order valence-corrected chi connectivity index (χ1v) is 8.06. The van der Waals surface area contributed by atoms with Crippen molar-refractivity contribution in [2.45, 2.75) is 13.3 Å². The van der Waals surface area contributed by atoms with E-state index in [4.69, 9.17) is 27.9 Å². The summed E-state index contributed by atoms with van der Waals surface area (Å²) in [5, 5.41) is 7.10. The Morgan fingerprint density at radius 2 is 1.91 bits per heavy atom. The van der Waals surface area contributed by atoms with Gasteiger partial charge in [-0.15, -0.1) is 0 Å². The summed E-state index contributed by atoms with van der Waals surface area (Å²) < 4.78 is 5.48. The third-order valence-corrected chi connectivity index (χ3v) is 3.62. The van der Waals surface area contributed by atoms with Gasteiger partial charge in [-0.05, 0) is 37.3 Å². The Labute approximate surface area is 145 Å². The number of amides is 1. The van der Waals surface area contributed by atoms with Crippen molar-refractivity contribution >= 4 is 40.5 Å². The van der Waals surface area contributed by atoms with Crippen LogP contribution >= 0.6 is 23.2 Å². The van der Waals surface area contributed by atoms with Crippen molar-refractivity contribution in [3.05, 3.63) is 52.5 Å². The minimum Gasteiger partial charge on any atom is -0.492 e. The van der Waals surface area contributed by atoms with Gasteiger partial charge in [0, 0.05) is 18.0 Å². The van der Waals surface area contributed by atoms with E-state index in [-0.39, 0.29) is 5.91 Å². The summed E-state index contributed by atoms with van der Waals surface area (Å²) in [5.41, 5.74) is 1.38. The van der Waals surface area contributed by atoms with Crippen LogP contribution in [0.5, 0.6) is 5.75 Å². The Morgan fingerprint density at radius 1 is 1.13 bits per heavy atom. The maximum absolute atomic E-state index is 12.0. The van der Waals surface area contributed by atoms with Crippen LogP contribution in [0.15, 0.2) is 42.5 Å². The van der Waals surface area contributed by atoms with Crippen LogP contribution in [0.3, 0.4) is 0 Å². The number of rotatable bonds is 7. The Hall–Kier alpha value is -1.91. The fourth-order valence-corrected chi connectivity index (χ4v) is 2.36. The molecule has 122 valence electrons. The molecular formula is C17H18Cl2N2O2. The fraction of sp³-hybridized carbons (Fsp3) is 0.235. The first-order chi connectivity index (χ1) is 11.1. The number of carbonyl (C=O) groups is 1. The van der Waals surface area contributed by atoms with E-state index in [1.54, 1.807) is 18.2 Å². The molecule has 2 aromatic rings. The number of halogens is 2. The first-order valence-electron chi connectivity index (χ1n) is 7.30. The number of benzene rings is 2. The molecule has 0 atom stereocenters. The molecule has 2 rings (SSSR count). The van der Waals surface area contributed by atoms with Crippen LogP contribution in [0.1, 0.15) is 13.3 Å². The molecule has 0 bridgehead atoms. The standard InChI is InChI=1S/C17H18Cl2N2O2/c1-2-23-16-6-4-3-5-14(16)21-17(22)9-10-20-15-11-12(18)7-8-13(15)19/h3-8,11,20H,2,9-10H2,1H3,(H,21,22). The third kappa shape index (κ3) is 5.34. The molecule has 0 fully saturated rings. The average Bonchev–Trinajstić information content (AvgIpc) is 2.53. The molecule has 0 saturated heterocycles. The number of para-hydroxylation sites is 2. The van der Waals surface area contributed by atoms with Gasteiger partial charge in [0.1, 0.15) is 5.75 Å². The van der Waals surface area contributed by atoms with Crippen LogP contribution in [-0.2, 0) is 4.79 Å². The van der Waals surface area contributed by atoms with Crippen molar-refractivity contribution in [2.75, 3.05) is 23.8 Å². The molecule has 6 heteroatoms. The Bertz CT molecular complexity index is 677. The van der Waals surface area contributed by atoms with Crippen molar-refractivity contribution < 1.29 is 9.53 Å². The molecule has 23 heavy (non-hydrogen) atoms. The highest BCUT2D eigenvalue weighted by Crippen LogP contribution is 2.26. The zero-order valence-corrected chi connectivity index (χ0v) is 14.2. The molecule has 0 radical (unpaired) electrons. The summed E-state index contributed by atoms with van der Waals surface area (Å²) >= 11 is 12.0. The normalized spacial score (nSPS) is 10.2. The van der Waals surface area contributed by atoms with Crippen molar-refractivity contribution in [3.8, 4) is 5.75 Å². The lowest BCUT2D eigenvalue weighted by Gasteiger charge is -2.12. The quantitative estimate of drug-likeness (QED) is 0.749. The number of anilines is 2. The molecule has 0 aliphatic heterocycles. The van der Waals surface area contributed by atoms with E-state index in [1.165, 1.54) is 0 Å². The Morgan fingerprint density at radius 3 is 2.70 bits per heavy atom. The van der Waals surface area contributed by atoms with Gasteiger partial charge in [0.15, 0.2) is 0 Å². The van der Waals surface area contributed by atoms with E-state index >= 15 is 0 Å². The number of carbonyl (C=O) groups excluding carboxylic acids is 1. The topological polar surface area (TPSA) is 50.4 Å². The lowest BCUT2D eigenvalue weighted by Crippen LogP contribution is -2.17. The summed E-state index contributed by atoms with van der Waals surface area (Å²) in [6, 6.07) is 12.5. The summed E-state index contributed by atoms with van der Waals surface area (Å²) in [5.74, 6) is 0.553. The summed E-state index contributed by atoms with van der Waals surface area (Å²) in [6.45, 7) is 2.89. The van der Waals surface area contributed by atoms with Crippen molar-refractivity contribution in [1.29, 1.82) is 0 Å². The van der Waals surface area contributed by atoms with E-state index in [0.717, 1.165) is 0 Å². The molecule has 0 aliphatic carbocycles. The van der Waals surface area contributed by atoms with Crippen LogP contribution < -0.4 is 15.4 Å². The lowest BCUT2D eigenvalue weighted by molar-refractivity contribution is -0.116. The molecule has 2 aromatic carbocycles. The molecule has 4 nitrogen and oxygen atoms in total. The van der Waals surface area contributed by atoms with Crippen LogP contribution in [-0.4, -0.2) is 19.1 Å². The molecule has 0 unspecified atom stereocenters. The minimum atomic E-state index is -0.109. The van der Waals surface area contributed by atoms with Gasteiger partial charge < -0.3 is 15.4 Å². The van der Waals surface area contributed by atoms with Crippen LogP contribution in [0, 0.1) is 0 Å². The van der Waals surface area contributed by atoms with Gasteiger partial charge in [0.25, 0.3) is 0 Å². The largest absolute Gasteiger partial charge is 0.492 e. The van der Waals surface area contributed by atoms with Crippen LogP contribution in [0.4, 0.5) is 11.4 Å². The lowest BCUT2D eigenvalue weighted by atomic mass is 10.2. The van der Waals surface area contributed by atoms with Crippen molar-refractivity contribution in [3.63, 3.8) is 0 Å². The third-order valence-electron chi connectivity index (χ3n) is 3.06. The van der Waals surface area contributed by atoms with E-state index in [9.17, 15) is 4.79 Å². The molecule has 0 heterocycles. The summed E-state index contributed by atoms with van der Waals surface area (Å²) in [7, 11) is 0. The average molecular weight is 353 g/mol. The van der Waals surface area contributed by atoms with E-state index in [1.807, 2.05) is 31.2 Å². The smallest absolute Gasteiger partial charge is 0.226 e. The highest BCUT2D eigenvalue weighted by molar-refractivity contribution is 6.35. The molecule has 2 N–H and O–H groups in total. The zero-order chi connectivity index (χ0) is 16.7. The fourth-order valence-electron chi connectivity index (χ4n) is 2.01. The summed E-state index contributed by atoms with van der Waals surface area (Å²) in [4.78, 5) is 12.0. The molecule has 0 saturated carbocycles.